The maximum absolute atomic E-state index is 12.0. The number of Topliss-reactive ketones (excluding diaryl/α,β-unsaturated/α-hetero) is 1. The van der Waals surface area contributed by atoms with Crippen LogP contribution in [0.25, 0.3) is 0 Å². The molecule has 0 bridgehead atoms. The quantitative estimate of drug-likeness (QED) is 0.502. The minimum absolute atomic E-state index is 0.0584. The van der Waals surface area contributed by atoms with E-state index in [1.165, 1.54) is 0 Å². The van der Waals surface area contributed by atoms with Crippen molar-refractivity contribution >= 4 is 29.0 Å². The van der Waals surface area contributed by atoms with Crippen LogP contribution in [0.1, 0.15) is 10.4 Å². The molecule has 1 unspecified atom stereocenters. The van der Waals surface area contributed by atoms with Gasteiger partial charge >= 0.3 is 0 Å². The Labute approximate surface area is 104 Å². The van der Waals surface area contributed by atoms with E-state index in [4.69, 9.17) is 27.9 Å². The normalized spacial score (nSPS) is 24.0. The molecule has 5 heteroatoms. The first-order valence-electron chi connectivity index (χ1n) is 4.92. The third-order valence-electron chi connectivity index (χ3n) is 2.36. The minimum Gasteiger partial charge on any atom is -0.364 e. The van der Waals surface area contributed by atoms with Crippen molar-refractivity contribution in [3.63, 3.8) is 0 Å². The zero-order valence-electron chi connectivity index (χ0n) is 8.45. The van der Waals surface area contributed by atoms with Gasteiger partial charge in [0.15, 0.2) is 10.2 Å². The topological polar surface area (TPSA) is 38.3 Å². The van der Waals surface area contributed by atoms with E-state index in [-0.39, 0.29) is 12.4 Å². The van der Waals surface area contributed by atoms with Crippen LogP contribution in [0.15, 0.2) is 30.3 Å². The molecular formula is C11H11Cl2NO2. The summed E-state index contributed by atoms with van der Waals surface area (Å²) >= 11 is 11.6. The van der Waals surface area contributed by atoms with E-state index >= 15 is 0 Å². The second-order valence-electron chi connectivity index (χ2n) is 3.62. The Morgan fingerprint density at radius 2 is 2.06 bits per heavy atom. The largest absolute Gasteiger partial charge is 0.364 e. The Bertz CT molecular complexity index is 371. The molecule has 0 aliphatic carbocycles. The van der Waals surface area contributed by atoms with Crippen LogP contribution in [0.3, 0.4) is 0 Å². The third-order valence-corrected chi connectivity index (χ3v) is 2.85. The number of nitrogens with one attached hydrogen (secondary N) is 1. The zero-order chi connectivity index (χ0) is 11.6. The second-order valence-corrected chi connectivity index (χ2v) is 5.10. The number of ether oxygens (including phenoxy) is 1. The Morgan fingerprint density at radius 3 is 2.62 bits per heavy atom. The van der Waals surface area contributed by atoms with Gasteiger partial charge in [0, 0.05) is 12.1 Å². The molecule has 1 N–H and O–H groups in total. The number of hydrogen-bond donors (Lipinski definition) is 1. The van der Waals surface area contributed by atoms with Gasteiger partial charge in [-0.3, -0.25) is 10.1 Å². The van der Waals surface area contributed by atoms with Crippen molar-refractivity contribution in [1.29, 1.82) is 0 Å². The molecule has 3 nitrogen and oxygen atoms in total. The van der Waals surface area contributed by atoms with E-state index in [9.17, 15) is 4.79 Å². The van der Waals surface area contributed by atoms with Gasteiger partial charge in [0.25, 0.3) is 0 Å². The molecule has 86 valence electrons. The smallest absolute Gasteiger partial charge is 0.192 e. The first-order valence-corrected chi connectivity index (χ1v) is 5.68. The lowest BCUT2D eigenvalue weighted by atomic mass is 10.1. The predicted octanol–water partition coefficient (Wildman–Crippen LogP) is 1.99. The van der Waals surface area contributed by atoms with Gasteiger partial charge in [0.1, 0.15) is 6.10 Å². The highest BCUT2D eigenvalue weighted by molar-refractivity contribution is 6.48. The Kier molecular flexibility index (Phi) is 3.50. The molecule has 1 aromatic carbocycles. The SMILES string of the molecule is O=C(c1ccccc1)C1CNC(Cl)(Cl)CO1. The highest BCUT2D eigenvalue weighted by atomic mass is 35.5. The first kappa shape index (κ1) is 11.9. The van der Waals surface area contributed by atoms with Crippen molar-refractivity contribution < 1.29 is 9.53 Å². The average Bonchev–Trinajstić information content (AvgIpc) is 2.29. The maximum atomic E-state index is 12.0. The monoisotopic (exact) mass is 259 g/mol. The van der Waals surface area contributed by atoms with Crippen molar-refractivity contribution in [2.24, 2.45) is 0 Å². The van der Waals surface area contributed by atoms with Crippen LogP contribution in [0.2, 0.25) is 0 Å². The van der Waals surface area contributed by atoms with E-state index in [1.807, 2.05) is 18.2 Å². The molecule has 0 aromatic heterocycles. The number of hydrogen-bond acceptors (Lipinski definition) is 3. The van der Waals surface area contributed by atoms with Crippen LogP contribution in [0.5, 0.6) is 0 Å². The molecule has 1 fully saturated rings. The summed E-state index contributed by atoms with van der Waals surface area (Å²) in [6.45, 7) is 0.417. The van der Waals surface area contributed by atoms with Gasteiger partial charge in [-0.25, -0.2) is 0 Å². The molecule has 1 atom stereocenters. The summed E-state index contributed by atoms with van der Waals surface area (Å²) in [4.78, 5) is 12.0. The fraction of sp³-hybridized carbons (Fsp3) is 0.364. The summed E-state index contributed by atoms with van der Waals surface area (Å²) in [6.07, 6.45) is -0.520. The number of halogens is 2. The standard InChI is InChI=1S/C11H11Cl2NO2/c12-11(13)7-16-9(6-14-11)10(15)8-4-2-1-3-5-8/h1-5,9,14H,6-7H2. The lowest BCUT2D eigenvalue weighted by Crippen LogP contribution is -2.52. The Balaban J connectivity index is 2.03. The molecule has 1 saturated heterocycles. The highest BCUT2D eigenvalue weighted by Crippen LogP contribution is 2.22. The number of benzene rings is 1. The van der Waals surface area contributed by atoms with Crippen molar-refractivity contribution in [2.75, 3.05) is 13.2 Å². The molecule has 1 aliphatic heterocycles. The summed E-state index contributed by atoms with van der Waals surface area (Å²) in [5.41, 5.74) is 0.631. The van der Waals surface area contributed by atoms with Gasteiger partial charge in [-0.2, -0.15) is 0 Å². The fourth-order valence-electron chi connectivity index (χ4n) is 1.51. The van der Waals surface area contributed by atoms with Crippen LogP contribution in [-0.4, -0.2) is 29.5 Å². The third kappa shape index (κ3) is 2.74. The molecule has 0 spiro atoms. The summed E-state index contributed by atoms with van der Waals surface area (Å²) in [7, 11) is 0. The highest BCUT2D eigenvalue weighted by Gasteiger charge is 2.34. The molecular weight excluding hydrogens is 249 g/mol. The van der Waals surface area contributed by atoms with Crippen LogP contribution in [0.4, 0.5) is 0 Å². The zero-order valence-corrected chi connectivity index (χ0v) is 9.96. The van der Waals surface area contributed by atoms with E-state index in [0.29, 0.717) is 12.1 Å². The molecule has 0 saturated carbocycles. The van der Waals surface area contributed by atoms with Gasteiger partial charge in [0.2, 0.25) is 0 Å². The Hall–Kier alpha value is -0.610. The maximum Gasteiger partial charge on any atom is 0.192 e. The van der Waals surface area contributed by atoms with E-state index in [1.54, 1.807) is 12.1 Å². The second kappa shape index (κ2) is 4.72. The fourth-order valence-corrected chi connectivity index (χ4v) is 1.79. The summed E-state index contributed by atoms with van der Waals surface area (Å²) < 4.78 is 4.24. The lowest BCUT2D eigenvalue weighted by Gasteiger charge is -2.31. The summed E-state index contributed by atoms with van der Waals surface area (Å²) in [5, 5.41) is 2.84. The molecule has 16 heavy (non-hydrogen) atoms. The summed E-state index contributed by atoms with van der Waals surface area (Å²) in [5.74, 6) is -0.0584. The van der Waals surface area contributed by atoms with Gasteiger partial charge in [0.05, 0.1) is 6.61 Å². The van der Waals surface area contributed by atoms with E-state index < -0.39 is 10.6 Å². The molecule has 1 aliphatic rings. The number of alkyl halides is 2. The van der Waals surface area contributed by atoms with E-state index in [0.717, 1.165) is 0 Å². The van der Waals surface area contributed by atoms with Crippen LogP contribution in [0, 0.1) is 0 Å². The number of carbonyl (C=O) groups is 1. The van der Waals surface area contributed by atoms with Crippen LogP contribution >= 0.6 is 23.2 Å². The van der Waals surface area contributed by atoms with Crippen molar-refractivity contribution in [1.82, 2.24) is 5.32 Å². The van der Waals surface area contributed by atoms with Crippen LogP contribution in [-0.2, 0) is 4.74 Å². The molecule has 1 aromatic rings. The summed E-state index contributed by atoms with van der Waals surface area (Å²) in [6, 6.07) is 9.01. The van der Waals surface area contributed by atoms with Gasteiger partial charge in [-0.1, -0.05) is 53.5 Å². The van der Waals surface area contributed by atoms with Crippen molar-refractivity contribution in [2.45, 2.75) is 10.6 Å². The average molecular weight is 260 g/mol. The van der Waals surface area contributed by atoms with Crippen LogP contribution < -0.4 is 5.32 Å². The first-order chi connectivity index (χ1) is 7.58. The number of morpholine rings is 1. The minimum atomic E-state index is -1.09. The van der Waals surface area contributed by atoms with Gasteiger partial charge in [-0.15, -0.1) is 0 Å². The molecule has 2 rings (SSSR count). The number of carbonyl (C=O) groups excluding carboxylic acids is 1. The van der Waals surface area contributed by atoms with Gasteiger partial charge in [-0.05, 0) is 0 Å². The lowest BCUT2D eigenvalue weighted by molar-refractivity contribution is 0.0154. The predicted molar refractivity (Wildman–Crippen MR) is 63.0 cm³/mol. The Morgan fingerprint density at radius 1 is 1.38 bits per heavy atom. The van der Waals surface area contributed by atoms with Gasteiger partial charge < -0.3 is 4.74 Å². The number of rotatable bonds is 2. The molecule has 0 radical (unpaired) electrons. The molecule has 0 amide bonds. The van der Waals surface area contributed by atoms with Crippen molar-refractivity contribution in [3.8, 4) is 0 Å². The number of ketones is 1. The molecule has 1 heterocycles. The van der Waals surface area contributed by atoms with Crippen molar-refractivity contribution in [3.05, 3.63) is 35.9 Å². The van der Waals surface area contributed by atoms with E-state index in [2.05, 4.69) is 5.32 Å².